The molecule has 0 aromatic carbocycles. The molecule has 0 aliphatic rings. The molecular formula is C14H21F3N2O. The number of hydrogen-bond acceptors (Lipinski definition) is 3. The molecule has 3 nitrogen and oxygen atoms in total. The monoisotopic (exact) mass is 290 g/mol. The number of halogens is 3. The molecule has 0 saturated heterocycles. The third-order valence-corrected chi connectivity index (χ3v) is 2.57. The van der Waals surface area contributed by atoms with Gasteiger partial charge in [0.15, 0.2) is 6.10 Å². The molecule has 1 atom stereocenters. The fourth-order valence-corrected chi connectivity index (χ4v) is 1.48. The van der Waals surface area contributed by atoms with Crippen LogP contribution in [0, 0.1) is 6.92 Å². The van der Waals surface area contributed by atoms with Gasteiger partial charge in [0, 0.05) is 23.8 Å². The molecule has 20 heavy (non-hydrogen) atoms. The molecule has 0 bridgehead atoms. The van der Waals surface area contributed by atoms with Crippen molar-refractivity contribution in [1.82, 2.24) is 10.3 Å². The van der Waals surface area contributed by atoms with Gasteiger partial charge in [-0.25, -0.2) is 4.98 Å². The molecule has 114 valence electrons. The number of aromatic nitrogens is 1. The molecule has 1 aromatic rings. The molecule has 0 spiro atoms. The fraction of sp³-hybridized carbons (Fsp3) is 0.643. The van der Waals surface area contributed by atoms with Crippen molar-refractivity contribution in [3.8, 4) is 5.88 Å². The van der Waals surface area contributed by atoms with Gasteiger partial charge < -0.3 is 10.1 Å². The number of rotatable bonds is 4. The Balaban J connectivity index is 2.81. The van der Waals surface area contributed by atoms with Gasteiger partial charge >= 0.3 is 6.18 Å². The summed E-state index contributed by atoms with van der Waals surface area (Å²) in [6, 6.07) is 3.36. The average molecular weight is 290 g/mol. The van der Waals surface area contributed by atoms with Gasteiger partial charge in [0.05, 0.1) is 0 Å². The average Bonchev–Trinajstić information content (AvgIpc) is 2.23. The van der Waals surface area contributed by atoms with Gasteiger partial charge in [-0.15, -0.1) is 0 Å². The van der Waals surface area contributed by atoms with Crippen LogP contribution < -0.4 is 10.1 Å². The number of nitrogens with one attached hydrogen (secondary N) is 1. The Morgan fingerprint density at radius 2 is 1.85 bits per heavy atom. The van der Waals surface area contributed by atoms with Crippen LogP contribution in [-0.4, -0.2) is 22.8 Å². The Kier molecular flexibility index (Phi) is 5.02. The predicted molar refractivity (Wildman–Crippen MR) is 71.7 cm³/mol. The second kappa shape index (κ2) is 5.99. The van der Waals surface area contributed by atoms with Gasteiger partial charge in [-0.05, 0) is 46.2 Å². The Morgan fingerprint density at radius 1 is 1.25 bits per heavy atom. The number of nitrogens with zero attached hydrogens (tertiary/aromatic N) is 1. The smallest absolute Gasteiger partial charge is 0.425 e. The molecule has 0 saturated carbocycles. The molecule has 0 aliphatic carbocycles. The molecule has 1 N–H and O–H groups in total. The van der Waals surface area contributed by atoms with Crippen molar-refractivity contribution >= 4 is 0 Å². The first kappa shape index (κ1) is 16.8. The lowest BCUT2D eigenvalue weighted by molar-refractivity contribution is -0.190. The second-order valence-electron chi connectivity index (χ2n) is 5.86. The van der Waals surface area contributed by atoms with E-state index in [4.69, 9.17) is 4.74 Å². The predicted octanol–water partition coefficient (Wildman–Crippen LogP) is 3.61. The van der Waals surface area contributed by atoms with E-state index >= 15 is 0 Å². The zero-order valence-electron chi connectivity index (χ0n) is 12.4. The van der Waals surface area contributed by atoms with Gasteiger partial charge in [0.2, 0.25) is 5.88 Å². The lowest BCUT2D eigenvalue weighted by Crippen LogP contribution is -2.35. The highest BCUT2D eigenvalue weighted by atomic mass is 19.4. The topological polar surface area (TPSA) is 34.1 Å². The number of aryl methyl sites for hydroxylation is 1. The first-order chi connectivity index (χ1) is 8.97. The minimum atomic E-state index is -4.39. The molecule has 6 heteroatoms. The van der Waals surface area contributed by atoms with E-state index in [1.807, 2.05) is 26.8 Å². The van der Waals surface area contributed by atoms with Crippen molar-refractivity contribution in [2.24, 2.45) is 0 Å². The number of hydrogen-bond donors (Lipinski definition) is 1. The van der Waals surface area contributed by atoms with E-state index in [1.165, 1.54) is 6.07 Å². The lowest BCUT2D eigenvalue weighted by Gasteiger charge is -2.21. The minimum absolute atomic E-state index is 0.000495. The zero-order valence-corrected chi connectivity index (χ0v) is 12.4. The molecule has 0 fully saturated rings. The van der Waals surface area contributed by atoms with E-state index in [9.17, 15) is 13.2 Å². The van der Waals surface area contributed by atoms with Crippen LogP contribution in [0.5, 0.6) is 5.88 Å². The highest BCUT2D eigenvalue weighted by molar-refractivity contribution is 5.25. The van der Waals surface area contributed by atoms with Crippen molar-refractivity contribution in [2.75, 3.05) is 0 Å². The van der Waals surface area contributed by atoms with E-state index in [1.54, 1.807) is 6.92 Å². The Morgan fingerprint density at radius 3 is 2.35 bits per heavy atom. The lowest BCUT2D eigenvalue weighted by atomic mass is 10.1. The fourth-order valence-electron chi connectivity index (χ4n) is 1.48. The highest BCUT2D eigenvalue weighted by Crippen LogP contribution is 2.24. The summed E-state index contributed by atoms with van der Waals surface area (Å²) < 4.78 is 42.3. The van der Waals surface area contributed by atoms with Gasteiger partial charge in [0.1, 0.15) is 0 Å². The summed E-state index contributed by atoms with van der Waals surface area (Å²) in [5.41, 5.74) is 1.40. The summed E-state index contributed by atoms with van der Waals surface area (Å²) in [6.07, 6.45) is -6.27. The first-order valence-electron chi connectivity index (χ1n) is 6.43. The number of ether oxygens (including phenoxy) is 1. The Bertz CT molecular complexity index is 453. The van der Waals surface area contributed by atoms with Gasteiger partial charge in [-0.3, -0.25) is 0 Å². The quantitative estimate of drug-likeness (QED) is 0.920. The Hall–Kier alpha value is -1.30. The normalized spacial score (nSPS) is 14.2. The van der Waals surface area contributed by atoms with Crippen LogP contribution in [-0.2, 0) is 6.54 Å². The van der Waals surface area contributed by atoms with Gasteiger partial charge in [-0.2, -0.15) is 13.2 Å². The van der Waals surface area contributed by atoms with E-state index in [0.717, 1.165) is 12.5 Å². The van der Waals surface area contributed by atoms with Crippen molar-refractivity contribution in [2.45, 2.75) is 59.0 Å². The molecule has 1 heterocycles. The van der Waals surface area contributed by atoms with Crippen LogP contribution in [0.4, 0.5) is 13.2 Å². The van der Waals surface area contributed by atoms with Crippen LogP contribution in [0.2, 0.25) is 0 Å². The molecule has 0 aliphatic heterocycles. The summed E-state index contributed by atoms with van der Waals surface area (Å²) in [5.74, 6) is 0.000495. The van der Waals surface area contributed by atoms with Crippen molar-refractivity contribution in [3.63, 3.8) is 0 Å². The van der Waals surface area contributed by atoms with Gasteiger partial charge in [-0.1, -0.05) is 0 Å². The SMILES string of the molecule is Cc1cc(CNC(C)(C)C)cc(OC(C)C(F)(F)F)n1. The summed E-state index contributed by atoms with van der Waals surface area (Å²) in [6.45, 7) is 9.30. The van der Waals surface area contributed by atoms with Crippen molar-refractivity contribution in [3.05, 3.63) is 23.4 Å². The first-order valence-corrected chi connectivity index (χ1v) is 6.43. The van der Waals surface area contributed by atoms with Crippen LogP contribution in [0.1, 0.15) is 39.0 Å². The second-order valence-corrected chi connectivity index (χ2v) is 5.86. The molecule has 1 aromatic heterocycles. The summed E-state index contributed by atoms with van der Waals surface area (Å²) >= 11 is 0. The third-order valence-electron chi connectivity index (χ3n) is 2.57. The maximum atomic E-state index is 12.5. The standard InChI is InChI=1S/C14H21F3N2O/c1-9-6-11(8-18-13(3,4)5)7-12(19-9)20-10(2)14(15,16)17/h6-7,10,18H,8H2,1-5H3. The minimum Gasteiger partial charge on any atom is -0.465 e. The Labute approximate surface area is 117 Å². The maximum Gasteiger partial charge on any atom is 0.425 e. The van der Waals surface area contributed by atoms with Gasteiger partial charge in [0.25, 0.3) is 0 Å². The largest absolute Gasteiger partial charge is 0.465 e. The van der Waals surface area contributed by atoms with Crippen LogP contribution in [0.3, 0.4) is 0 Å². The summed E-state index contributed by atoms with van der Waals surface area (Å²) in [7, 11) is 0. The van der Waals surface area contributed by atoms with E-state index in [-0.39, 0.29) is 11.4 Å². The number of pyridine rings is 1. The summed E-state index contributed by atoms with van der Waals surface area (Å²) in [5, 5.41) is 3.27. The maximum absolute atomic E-state index is 12.5. The van der Waals surface area contributed by atoms with Crippen molar-refractivity contribution < 1.29 is 17.9 Å². The molecule has 1 unspecified atom stereocenters. The van der Waals surface area contributed by atoms with E-state index in [2.05, 4.69) is 10.3 Å². The molecular weight excluding hydrogens is 269 g/mol. The molecule has 0 amide bonds. The van der Waals surface area contributed by atoms with Crippen LogP contribution in [0.25, 0.3) is 0 Å². The molecule has 0 radical (unpaired) electrons. The highest BCUT2D eigenvalue weighted by Gasteiger charge is 2.38. The molecule has 1 rings (SSSR count). The third kappa shape index (κ3) is 5.77. The van der Waals surface area contributed by atoms with E-state index < -0.39 is 12.3 Å². The van der Waals surface area contributed by atoms with E-state index in [0.29, 0.717) is 12.2 Å². The van der Waals surface area contributed by atoms with Crippen LogP contribution in [0.15, 0.2) is 12.1 Å². The zero-order chi connectivity index (χ0) is 15.6. The van der Waals surface area contributed by atoms with Crippen molar-refractivity contribution in [1.29, 1.82) is 0 Å². The van der Waals surface area contributed by atoms with Crippen LogP contribution >= 0.6 is 0 Å². The summed E-state index contributed by atoms with van der Waals surface area (Å²) in [4.78, 5) is 3.98. The number of alkyl halides is 3.